The minimum absolute atomic E-state index is 0.0505. The number of nitrogens with zero attached hydrogens (tertiary/aromatic N) is 2. The van der Waals surface area contributed by atoms with E-state index < -0.39 is 11.9 Å². The fourth-order valence-corrected chi connectivity index (χ4v) is 4.10. The second-order valence-electron chi connectivity index (χ2n) is 7.94. The summed E-state index contributed by atoms with van der Waals surface area (Å²) in [6.45, 7) is 0. The van der Waals surface area contributed by atoms with E-state index in [2.05, 4.69) is 20.2 Å². The molecule has 0 aliphatic carbocycles. The van der Waals surface area contributed by atoms with Gasteiger partial charge in [-0.05, 0) is 41.5 Å². The number of aromatic nitrogens is 4. The standard InChI is InChI=1S/C25H20FN5O5/c1-34-14-10-16-22(21(11-14)35-2)20(30-31-23(16)32)8-12-3-5-17(26)15(7-12)13-4-6-18-19(9-13)29-25(28-18)36-24(27)33/h3-7,9-11H,8H2,1-2H3,(H2,27,33)(H,28,29)(H,31,32). The molecule has 0 saturated carbocycles. The third-order valence-corrected chi connectivity index (χ3v) is 5.73. The number of carbonyl (C=O) groups is 1. The van der Waals surface area contributed by atoms with Crippen molar-refractivity contribution in [3.05, 3.63) is 76.0 Å². The van der Waals surface area contributed by atoms with Crippen molar-refractivity contribution >= 4 is 27.9 Å². The number of nitrogens with two attached hydrogens (primary N) is 1. The van der Waals surface area contributed by atoms with Crippen LogP contribution in [-0.2, 0) is 6.42 Å². The molecular formula is C25H20FN5O5. The van der Waals surface area contributed by atoms with Gasteiger partial charge in [0.15, 0.2) is 0 Å². The lowest BCUT2D eigenvalue weighted by Crippen LogP contribution is -2.16. The molecule has 182 valence electrons. The van der Waals surface area contributed by atoms with Crippen molar-refractivity contribution in [3.63, 3.8) is 0 Å². The van der Waals surface area contributed by atoms with Crippen molar-refractivity contribution in [2.45, 2.75) is 6.42 Å². The van der Waals surface area contributed by atoms with Gasteiger partial charge in [-0.1, -0.05) is 12.1 Å². The Hall–Kier alpha value is -4.93. The van der Waals surface area contributed by atoms with Crippen LogP contribution in [0.4, 0.5) is 9.18 Å². The number of ether oxygens (including phenoxy) is 3. The smallest absolute Gasteiger partial charge is 0.412 e. The van der Waals surface area contributed by atoms with Gasteiger partial charge in [-0.2, -0.15) is 10.1 Å². The van der Waals surface area contributed by atoms with E-state index in [0.717, 1.165) is 5.56 Å². The summed E-state index contributed by atoms with van der Waals surface area (Å²) in [5, 5.41) is 7.68. The molecular weight excluding hydrogens is 469 g/mol. The van der Waals surface area contributed by atoms with Crippen LogP contribution in [-0.4, -0.2) is 40.5 Å². The molecule has 0 saturated heterocycles. The molecule has 4 N–H and O–H groups in total. The fraction of sp³-hybridized carbons (Fsp3) is 0.120. The highest BCUT2D eigenvalue weighted by molar-refractivity contribution is 5.91. The van der Waals surface area contributed by atoms with Crippen LogP contribution >= 0.6 is 0 Å². The normalized spacial score (nSPS) is 11.1. The van der Waals surface area contributed by atoms with Gasteiger partial charge in [-0.15, -0.1) is 0 Å². The highest BCUT2D eigenvalue weighted by Gasteiger charge is 2.16. The zero-order valence-corrected chi connectivity index (χ0v) is 19.2. The summed E-state index contributed by atoms with van der Waals surface area (Å²) in [7, 11) is 3.00. The number of methoxy groups -OCH3 is 2. The zero-order chi connectivity index (χ0) is 25.4. The number of aromatic amines is 2. The van der Waals surface area contributed by atoms with Crippen LogP contribution in [0.2, 0.25) is 0 Å². The van der Waals surface area contributed by atoms with Gasteiger partial charge in [0.2, 0.25) is 0 Å². The summed E-state index contributed by atoms with van der Waals surface area (Å²) in [6.07, 6.45) is -0.696. The quantitative estimate of drug-likeness (QED) is 0.330. The number of benzene rings is 3. The van der Waals surface area contributed by atoms with Crippen LogP contribution in [0.3, 0.4) is 0 Å². The Bertz CT molecular complexity index is 1690. The summed E-state index contributed by atoms with van der Waals surface area (Å²) in [5.74, 6) is 0.497. The van der Waals surface area contributed by atoms with E-state index in [1.807, 2.05) is 0 Å². The summed E-state index contributed by atoms with van der Waals surface area (Å²) >= 11 is 0. The second-order valence-corrected chi connectivity index (χ2v) is 7.94. The molecule has 11 heteroatoms. The minimum Gasteiger partial charge on any atom is -0.497 e. The molecule has 1 amide bonds. The van der Waals surface area contributed by atoms with Gasteiger partial charge in [0, 0.05) is 18.1 Å². The Morgan fingerprint density at radius 1 is 1.08 bits per heavy atom. The summed E-state index contributed by atoms with van der Waals surface area (Å²) in [5.41, 5.74) is 7.97. The van der Waals surface area contributed by atoms with Crippen molar-refractivity contribution in [1.29, 1.82) is 0 Å². The Kier molecular flexibility index (Phi) is 5.72. The van der Waals surface area contributed by atoms with Gasteiger partial charge in [0.05, 0.1) is 41.7 Å². The number of fused-ring (bicyclic) bond motifs is 2. The summed E-state index contributed by atoms with van der Waals surface area (Å²) in [6, 6.07) is 13.1. The van der Waals surface area contributed by atoms with Crippen LogP contribution in [0.15, 0.2) is 53.3 Å². The van der Waals surface area contributed by atoms with Gasteiger partial charge >= 0.3 is 12.1 Å². The maximum atomic E-state index is 14.9. The van der Waals surface area contributed by atoms with Crippen molar-refractivity contribution in [2.75, 3.05) is 14.2 Å². The van der Waals surface area contributed by atoms with E-state index in [-0.39, 0.29) is 11.6 Å². The Balaban J connectivity index is 1.55. The van der Waals surface area contributed by atoms with Crippen LogP contribution < -0.4 is 25.5 Å². The number of hydrogen-bond acceptors (Lipinski definition) is 7. The molecule has 36 heavy (non-hydrogen) atoms. The average Bonchev–Trinajstić information content (AvgIpc) is 3.26. The molecule has 0 aliphatic heterocycles. The first-order chi connectivity index (χ1) is 17.4. The number of nitrogens with one attached hydrogen (secondary N) is 2. The van der Waals surface area contributed by atoms with E-state index in [1.54, 1.807) is 42.5 Å². The topological polar surface area (TPSA) is 145 Å². The lowest BCUT2D eigenvalue weighted by molar-refractivity contribution is 0.207. The highest BCUT2D eigenvalue weighted by atomic mass is 19.1. The SMILES string of the molecule is COc1cc(OC)c2c(Cc3ccc(F)c(-c4ccc5nc(OC(N)=O)[nH]c5c4)c3)n[nH]c(=O)c2c1. The van der Waals surface area contributed by atoms with E-state index >= 15 is 0 Å². The van der Waals surface area contributed by atoms with Crippen LogP contribution in [0, 0.1) is 5.82 Å². The molecule has 0 radical (unpaired) electrons. The average molecular weight is 489 g/mol. The van der Waals surface area contributed by atoms with Crippen LogP contribution in [0.1, 0.15) is 11.3 Å². The Morgan fingerprint density at radius 2 is 1.92 bits per heavy atom. The molecule has 5 rings (SSSR count). The van der Waals surface area contributed by atoms with E-state index in [0.29, 0.717) is 56.5 Å². The lowest BCUT2D eigenvalue weighted by Gasteiger charge is -2.12. The maximum Gasteiger partial charge on any atom is 0.412 e. The van der Waals surface area contributed by atoms with Crippen molar-refractivity contribution in [1.82, 2.24) is 20.2 Å². The monoisotopic (exact) mass is 489 g/mol. The van der Waals surface area contributed by atoms with Gasteiger partial charge in [0.25, 0.3) is 5.56 Å². The van der Waals surface area contributed by atoms with E-state index in [4.69, 9.17) is 19.9 Å². The molecule has 2 aromatic heterocycles. The molecule has 3 aromatic carbocycles. The molecule has 0 fully saturated rings. The zero-order valence-electron chi connectivity index (χ0n) is 19.2. The van der Waals surface area contributed by atoms with E-state index in [9.17, 15) is 14.0 Å². The number of carbonyl (C=O) groups excluding carboxylic acids is 1. The molecule has 5 aromatic rings. The number of amides is 1. The molecule has 0 atom stereocenters. The maximum absolute atomic E-state index is 14.9. The first kappa shape index (κ1) is 22.8. The first-order valence-corrected chi connectivity index (χ1v) is 10.8. The number of hydrogen-bond donors (Lipinski definition) is 3. The minimum atomic E-state index is -0.994. The lowest BCUT2D eigenvalue weighted by atomic mass is 9.98. The third kappa shape index (κ3) is 4.17. The summed E-state index contributed by atoms with van der Waals surface area (Å²) in [4.78, 5) is 30.4. The number of rotatable bonds is 6. The Labute approximate surface area is 202 Å². The van der Waals surface area contributed by atoms with Crippen LogP contribution in [0.5, 0.6) is 17.5 Å². The van der Waals surface area contributed by atoms with Crippen molar-refractivity contribution in [3.8, 4) is 28.6 Å². The molecule has 10 nitrogen and oxygen atoms in total. The number of halogens is 1. The van der Waals surface area contributed by atoms with Gasteiger partial charge in [0.1, 0.15) is 17.3 Å². The Morgan fingerprint density at radius 3 is 2.67 bits per heavy atom. The van der Waals surface area contributed by atoms with Crippen molar-refractivity contribution in [2.24, 2.45) is 5.73 Å². The molecule has 0 spiro atoms. The predicted molar refractivity (Wildman–Crippen MR) is 130 cm³/mol. The first-order valence-electron chi connectivity index (χ1n) is 10.8. The second kappa shape index (κ2) is 9.02. The van der Waals surface area contributed by atoms with Gasteiger partial charge in [-0.3, -0.25) is 4.79 Å². The molecule has 0 aliphatic rings. The molecule has 0 bridgehead atoms. The fourth-order valence-electron chi connectivity index (χ4n) is 4.10. The van der Waals surface area contributed by atoms with Gasteiger partial charge < -0.3 is 24.9 Å². The summed E-state index contributed by atoms with van der Waals surface area (Å²) < 4.78 is 30.4. The molecule has 2 heterocycles. The van der Waals surface area contributed by atoms with E-state index in [1.165, 1.54) is 20.3 Å². The van der Waals surface area contributed by atoms with Gasteiger partial charge in [-0.25, -0.2) is 14.3 Å². The number of H-pyrrole nitrogens is 2. The molecule has 0 unspecified atom stereocenters. The van der Waals surface area contributed by atoms with Crippen LogP contribution in [0.25, 0.3) is 32.9 Å². The third-order valence-electron chi connectivity index (χ3n) is 5.73. The largest absolute Gasteiger partial charge is 0.497 e. The number of imidazole rings is 1. The van der Waals surface area contributed by atoms with Crippen molar-refractivity contribution < 1.29 is 23.4 Å². The highest BCUT2D eigenvalue weighted by Crippen LogP contribution is 2.33. The predicted octanol–water partition coefficient (Wildman–Crippen LogP) is 3.67. The number of primary amides is 1.